The fourth-order valence-corrected chi connectivity index (χ4v) is 4.50. The number of benzene rings is 3. The van der Waals surface area contributed by atoms with Gasteiger partial charge in [0.2, 0.25) is 5.96 Å². The third-order valence-corrected chi connectivity index (χ3v) is 6.56. The Morgan fingerprint density at radius 3 is 2.23 bits per heavy atom. The van der Waals surface area contributed by atoms with Crippen LogP contribution in [0.1, 0.15) is 26.3 Å². The summed E-state index contributed by atoms with van der Waals surface area (Å²) in [6, 6.07) is 23.9. The number of pyridine rings is 1. The van der Waals surface area contributed by atoms with E-state index in [2.05, 4.69) is 24.8 Å². The van der Waals surface area contributed by atoms with Crippen LogP contribution in [-0.2, 0) is 11.3 Å². The van der Waals surface area contributed by atoms with E-state index in [4.69, 9.17) is 16.3 Å². The number of aromatic nitrogens is 1. The molecule has 0 aliphatic carbocycles. The second-order valence-corrected chi connectivity index (χ2v) is 11.4. The summed E-state index contributed by atoms with van der Waals surface area (Å²) in [5.41, 5.74) is 2.60. The van der Waals surface area contributed by atoms with Crippen LogP contribution in [0.4, 0.5) is 18.0 Å². The summed E-state index contributed by atoms with van der Waals surface area (Å²) in [5.74, 6) is -0.169. The molecule has 0 saturated carbocycles. The van der Waals surface area contributed by atoms with Crippen molar-refractivity contribution in [2.24, 2.45) is 4.99 Å². The van der Waals surface area contributed by atoms with Gasteiger partial charge in [0.25, 0.3) is 0 Å². The van der Waals surface area contributed by atoms with Crippen molar-refractivity contribution in [3.8, 4) is 28.1 Å². The van der Waals surface area contributed by atoms with Crippen molar-refractivity contribution in [3.05, 3.63) is 102 Å². The summed E-state index contributed by atoms with van der Waals surface area (Å²) in [6.45, 7) is 5.38. The van der Waals surface area contributed by atoms with Crippen molar-refractivity contribution in [1.29, 1.82) is 0 Å². The van der Waals surface area contributed by atoms with Crippen molar-refractivity contribution >= 4 is 35.6 Å². The van der Waals surface area contributed by atoms with Gasteiger partial charge in [-0.25, -0.2) is 9.79 Å². The Hall–Kier alpha value is -4.22. The molecule has 0 bridgehead atoms. The average Bonchev–Trinajstić information content (AvgIpc) is 2.94. The number of alkyl carbamates (subject to hydrolysis) is 1. The van der Waals surface area contributed by atoms with Crippen molar-refractivity contribution in [3.63, 3.8) is 0 Å². The standard InChI is InChI=1S/C31H28ClF3N4O3S/c1-30(2,3)42-29(40)38-28(39-43-25-7-5-4-6-8-25)37-19-20-17-26(21-11-15-24(16-12-21)41-31(33,34)35)27(36-18-20)22-9-13-23(32)14-10-22/h4-18H,19H2,1-3H3,(H2,37,38,39,40). The number of aliphatic imine (C=N–C) groups is 1. The van der Waals surface area contributed by atoms with Crippen LogP contribution >= 0.6 is 23.5 Å². The highest BCUT2D eigenvalue weighted by molar-refractivity contribution is 7.98. The fraction of sp³-hybridized carbons (Fsp3) is 0.194. The molecule has 12 heteroatoms. The largest absolute Gasteiger partial charge is 0.573 e. The molecule has 1 amide bonds. The number of alkyl halides is 3. The SMILES string of the molecule is CC(C)(C)OC(=O)NC(=NCc1cnc(-c2ccc(Cl)cc2)c(-c2ccc(OC(F)(F)F)cc2)c1)NSc1ccccc1. The summed E-state index contributed by atoms with van der Waals surface area (Å²) < 4.78 is 50.6. The van der Waals surface area contributed by atoms with Crippen LogP contribution in [0.3, 0.4) is 0 Å². The Bertz CT molecular complexity index is 1560. The van der Waals surface area contributed by atoms with Gasteiger partial charge in [0.1, 0.15) is 11.4 Å². The lowest BCUT2D eigenvalue weighted by molar-refractivity contribution is -0.274. The van der Waals surface area contributed by atoms with Crippen LogP contribution < -0.4 is 14.8 Å². The highest BCUT2D eigenvalue weighted by Crippen LogP contribution is 2.34. The molecule has 1 heterocycles. The van der Waals surface area contributed by atoms with E-state index >= 15 is 0 Å². The molecule has 0 spiro atoms. The summed E-state index contributed by atoms with van der Waals surface area (Å²) >= 11 is 7.33. The first-order chi connectivity index (χ1) is 20.3. The molecule has 4 rings (SSSR count). The molecule has 2 N–H and O–H groups in total. The van der Waals surface area contributed by atoms with Gasteiger partial charge in [-0.15, -0.1) is 13.2 Å². The molecule has 0 fully saturated rings. The lowest BCUT2D eigenvalue weighted by atomic mass is 9.98. The predicted molar refractivity (Wildman–Crippen MR) is 163 cm³/mol. The van der Waals surface area contributed by atoms with Gasteiger partial charge < -0.3 is 9.47 Å². The minimum atomic E-state index is -4.80. The molecule has 7 nitrogen and oxygen atoms in total. The molecule has 43 heavy (non-hydrogen) atoms. The zero-order valence-corrected chi connectivity index (χ0v) is 25.0. The Balaban J connectivity index is 1.65. The van der Waals surface area contributed by atoms with Crippen molar-refractivity contribution in [2.45, 2.75) is 44.2 Å². The number of amides is 1. The number of ether oxygens (including phenoxy) is 2. The number of nitrogens with zero attached hydrogens (tertiary/aromatic N) is 2. The molecule has 0 saturated heterocycles. The minimum Gasteiger partial charge on any atom is -0.444 e. The molecule has 0 unspecified atom stereocenters. The Kier molecular flexibility index (Phi) is 10.2. The van der Waals surface area contributed by atoms with Crippen LogP contribution in [0.5, 0.6) is 5.75 Å². The van der Waals surface area contributed by atoms with Gasteiger partial charge in [-0.2, -0.15) is 0 Å². The lowest BCUT2D eigenvalue weighted by Crippen LogP contribution is -2.41. The zero-order chi connectivity index (χ0) is 31.0. The Morgan fingerprint density at radius 2 is 1.60 bits per heavy atom. The van der Waals surface area contributed by atoms with Gasteiger partial charge in [-0.05, 0) is 86.3 Å². The maximum Gasteiger partial charge on any atom is 0.573 e. The van der Waals surface area contributed by atoms with E-state index in [1.807, 2.05) is 36.4 Å². The zero-order valence-electron chi connectivity index (χ0n) is 23.4. The highest BCUT2D eigenvalue weighted by atomic mass is 35.5. The number of hydrogen-bond acceptors (Lipinski definition) is 6. The van der Waals surface area contributed by atoms with Gasteiger partial charge in [-0.1, -0.05) is 54.1 Å². The van der Waals surface area contributed by atoms with Crippen LogP contribution in [0.2, 0.25) is 5.02 Å². The van der Waals surface area contributed by atoms with Gasteiger partial charge in [0, 0.05) is 27.2 Å². The number of guanidine groups is 1. The van der Waals surface area contributed by atoms with Crippen molar-refractivity contribution in [2.75, 3.05) is 0 Å². The van der Waals surface area contributed by atoms with E-state index < -0.39 is 18.1 Å². The third-order valence-electron chi connectivity index (χ3n) is 5.51. The molecular weight excluding hydrogens is 601 g/mol. The molecule has 3 aromatic carbocycles. The normalized spacial score (nSPS) is 12.0. The van der Waals surface area contributed by atoms with Gasteiger partial charge in [0.15, 0.2) is 0 Å². The first-order valence-electron chi connectivity index (χ1n) is 13.0. The van der Waals surface area contributed by atoms with Crippen LogP contribution in [0.15, 0.2) is 101 Å². The molecule has 0 aliphatic rings. The molecule has 1 aromatic heterocycles. The number of carbonyl (C=O) groups is 1. The van der Waals surface area contributed by atoms with E-state index in [1.165, 1.54) is 36.2 Å². The van der Waals surface area contributed by atoms with E-state index in [-0.39, 0.29) is 18.3 Å². The minimum absolute atomic E-state index is 0.115. The number of carbonyl (C=O) groups excluding carboxylic acids is 1. The number of hydrogen-bond donors (Lipinski definition) is 2. The third kappa shape index (κ3) is 10.2. The molecule has 0 aliphatic heterocycles. The van der Waals surface area contributed by atoms with Crippen LogP contribution in [0.25, 0.3) is 22.4 Å². The summed E-state index contributed by atoms with van der Waals surface area (Å²) in [7, 11) is 0. The van der Waals surface area contributed by atoms with E-state index in [9.17, 15) is 18.0 Å². The highest BCUT2D eigenvalue weighted by Gasteiger charge is 2.31. The summed E-state index contributed by atoms with van der Waals surface area (Å²) in [4.78, 5) is 22.6. The molecule has 224 valence electrons. The van der Waals surface area contributed by atoms with E-state index in [0.29, 0.717) is 27.4 Å². The number of rotatable bonds is 7. The van der Waals surface area contributed by atoms with E-state index in [0.717, 1.165) is 10.5 Å². The maximum absolute atomic E-state index is 12.7. The van der Waals surface area contributed by atoms with E-state index in [1.54, 1.807) is 51.2 Å². The quantitative estimate of drug-likeness (QED) is 0.121. The number of halogens is 4. The monoisotopic (exact) mass is 628 g/mol. The molecule has 0 radical (unpaired) electrons. The summed E-state index contributed by atoms with van der Waals surface area (Å²) in [6.07, 6.45) is -3.83. The second-order valence-electron chi connectivity index (χ2n) is 10.1. The summed E-state index contributed by atoms with van der Waals surface area (Å²) in [5, 5.41) is 3.20. The van der Waals surface area contributed by atoms with Gasteiger partial charge in [-0.3, -0.25) is 15.0 Å². The van der Waals surface area contributed by atoms with Crippen molar-refractivity contribution in [1.82, 2.24) is 15.0 Å². The lowest BCUT2D eigenvalue weighted by Gasteiger charge is -2.20. The molecule has 4 aromatic rings. The Morgan fingerprint density at radius 1 is 0.953 bits per heavy atom. The maximum atomic E-state index is 12.7. The van der Waals surface area contributed by atoms with Crippen molar-refractivity contribution < 1.29 is 27.4 Å². The second kappa shape index (κ2) is 13.8. The fourth-order valence-electron chi connectivity index (χ4n) is 3.75. The number of nitrogens with one attached hydrogen (secondary N) is 2. The molecule has 0 atom stereocenters. The molecular formula is C31H28ClF3N4O3S. The van der Waals surface area contributed by atoms with Crippen LogP contribution in [0, 0.1) is 0 Å². The van der Waals surface area contributed by atoms with Gasteiger partial charge in [0.05, 0.1) is 12.2 Å². The van der Waals surface area contributed by atoms with Gasteiger partial charge >= 0.3 is 12.5 Å². The average molecular weight is 629 g/mol. The van der Waals surface area contributed by atoms with Crippen LogP contribution in [-0.4, -0.2) is 29.0 Å². The smallest absolute Gasteiger partial charge is 0.444 e. The first-order valence-corrected chi connectivity index (χ1v) is 14.2. The Labute approximate surface area is 256 Å². The predicted octanol–water partition coefficient (Wildman–Crippen LogP) is 8.65. The topological polar surface area (TPSA) is 84.8 Å². The first kappa shape index (κ1) is 31.7.